The molecule has 13 heteroatoms. The van der Waals surface area contributed by atoms with Gasteiger partial charge < -0.3 is 37.9 Å². The van der Waals surface area contributed by atoms with Gasteiger partial charge in [0.2, 0.25) is 0 Å². The molecule has 2 aliphatic heterocycles. The van der Waals surface area contributed by atoms with Gasteiger partial charge in [-0.2, -0.15) is 0 Å². The van der Waals surface area contributed by atoms with Gasteiger partial charge in [0.25, 0.3) is 0 Å². The number of fused-ring (bicyclic) bond motifs is 1. The van der Waals surface area contributed by atoms with Crippen LogP contribution in [0.2, 0.25) is 0 Å². The summed E-state index contributed by atoms with van der Waals surface area (Å²) in [4.78, 5) is 60.7. The van der Waals surface area contributed by atoms with Crippen LogP contribution in [0.15, 0.2) is 85.5 Å². The molecule has 4 atom stereocenters. The van der Waals surface area contributed by atoms with Crippen molar-refractivity contribution in [3.63, 3.8) is 0 Å². The Morgan fingerprint density at radius 1 is 0.660 bits per heavy atom. The first-order valence-electron chi connectivity index (χ1n) is 14.5. The molecule has 0 N–H and O–H groups in total. The monoisotopic (exact) mass is 646 g/mol. The summed E-state index contributed by atoms with van der Waals surface area (Å²) in [6.45, 7) is 4.99. The minimum absolute atomic E-state index is 0.0770. The average Bonchev–Trinajstić information content (AvgIpc) is 3.66. The summed E-state index contributed by atoms with van der Waals surface area (Å²) in [7, 11) is 0. The van der Waals surface area contributed by atoms with Gasteiger partial charge in [-0.3, -0.25) is 0 Å². The Morgan fingerprint density at radius 2 is 1.11 bits per heavy atom. The van der Waals surface area contributed by atoms with Crippen LogP contribution in [0, 0.1) is 6.92 Å². The topological polar surface area (TPSA) is 159 Å². The molecule has 0 saturated carbocycles. The third-order valence-electron chi connectivity index (χ3n) is 7.07. The van der Waals surface area contributed by atoms with Gasteiger partial charge in [-0.05, 0) is 67.6 Å². The fourth-order valence-corrected chi connectivity index (χ4v) is 4.67. The van der Waals surface area contributed by atoms with E-state index < -0.39 is 54.4 Å². The number of esters is 4. The Kier molecular flexibility index (Phi) is 10.6. The van der Waals surface area contributed by atoms with Crippen LogP contribution in [-0.4, -0.2) is 80.9 Å². The van der Waals surface area contributed by atoms with Crippen LogP contribution < -0.4 is 9.47 Å². The van der Waals surface area contributed by atoms with Crippen LogP contribution in [-0.2, 0) is 33.2 Å². The highest BCUT2D eigenvalue weighted by atomic mass is 16.7. The van der Waals surface area contributed by atoms with Crippen LogP contribution >= 0.6 is 0 Å². The zero-order valence-corrected chi connectivity index (χ0v) is 25.2. The molecule has 244 valence electrons. The van der Waals surface area contributed by atoms with Crippen molar-refractivity contribution in [1.82, 2.24) is 0 Å². The molecular formula is C34H30O13. The SMILES string of the molecule is C=CC(=O)OCCOC(=O)Oc1ccc(C(=O)Oc2ccc(C(=O)O[C@H]3CO[C@H]4[C@@H]3OC[C@H]4OC(=O)c3ccc(C)cc3)cc2)cc1. The van der Waals surface area contributed by atoms with Gasteiger partial charge in [0.1, 0.15) is 36.9 Å². The summed E-state index contributed by atoms with van der Waals surface area (Å²) >= 11 is 0. The fraction of sp³-hybridized carbons (Fsp3) is 0.265. The van der Waals surface area contributed by atoms with Gasteiger partial charge >= 0.3 is 30.0 Å². The molecule has 0 radical (unpaired) electrons. The van der Waals surface area contributed by atoms with E-state index in [1.807, 2.05) is 19.1 Å². The van der Waals surface area contributed by atoms with Crippen molar-refractivity contribution in [1.29, 1.82) is 0 Å². The van der Waals surface area contributed by atoms with E-state index in [4.69, 9.17) is 33.2 Å². The number of carbonyl (C=O) groups is 5. The molecule has 5 rings (SSSR count). The smallest absolute Gasteiger partial charge is 0.459 e. The Labute approximate surface area is 268 Å². The van der Waals surface area contributed by atoms with Crippen molar-refractivity contribution in [2.24, 2.45) is 0 Å². The number of rotatable bonds is 11. The van der Waals surface area contributed by atoms with Crippen molar-refractivity contribution in [2.75, 3.05) is 26.4 Å². The van der Waals surface area contributed by atoms with Crippen molar-refractivity contribution in [3.8, 4) is 11.5 Å². The molecule has 3 aromatic rings. The van der Waals surface area contributed by atoms with E-state index in [-0.39, 0.29) is 49.1 Å². The first kappa shape index (κ1) is 32.9. The lowest BCUT2D eigenvalue weighted by atomic mass is 10.1. The van der Waals surface area contributed by atoms with Crippen molar-refractivity contribution < 1.29 is 61.9 Å². The number of aryl methyl sites for hydroxylation is 1. The van der Waals surface area contributed by atoms with Crippen molar-refractivity contribution in [3.05, 3.63) is 108 Å². The van der Waals surface area contributed by atoms with Crippen LogP contribution in [0.4, 0.5) is 4.79 Å². The van der Waals surface area contributed by atoms with Crippen LogP contribution in [0.25, 0.3) is 0 Å². The second-order valence-corrected chi connectivity index (χ2v) is 10.4. The highest BCUT2D eigenvalue weighted by molar-refractivity contribution is 5.92. The summed E-state index contributed by atoms with van der Waals surface area (Å²) < 4.78 is 42.6. The Balaban J connectivity index is 1.06. The van der Waals surface area contributed by atoms with Gasteiger partial charge in [-0.25, -0.2) is 24.0 Å². The molecule has 47 heavy (non-hydrogen) atoms. The molecule has 0 unspecified atom stereocenters. The molecule has 2 saturated heterocycles. The lowest BCUT2D eigenvalue weighted by Crippen LogP contribution is -2.36. The van der Waals surface area contributed by atoms with E-state index in [1.165, 1.54) is 48.5 Å². The Bertz CT molecular complexity index is 1610. The first-order chi connectivity index (χ1) is 22.7. The summed E-state index contributed by atoms with van der Waals surface area (Å²) in [5.74, 6) is -2.18. The quantitative estimate of drug-likeness (QED) is 0.0735. The van der Waals surface area contributed by atoms with Gasteiger partial charge in [0, 0.05) is 6.08 Å². The van der Waals surface area contributed by atoms with Crippen LogP contribution in [0.5, 0.6) is 11.5 Å². The molecule has 0 amide bonds. The fourth-order valence-electron chi connectivity index (χ4n) is 4.67. The minimum Gasteiger partial charge on any atom is -0.459 e. The zero-order valence-electron chi connectivity index (χ0n) is 25.2. The van der Waals surface area contributed by atoms with E-state index in [1.54, 1.807) is 12.1 Å². The van der Waals surface area contributed by atoms with E-state index in [0.717, 1.165) is 11.6 Å². The number of hydrogen-bond donors (Lipinski definition) is 0. The first-order valence-corrected chi connectivity index (χ1v) is 14.5. The van der Waals surface area contributed by atoms with E-state index >= 15 is 0 Å². The second-order valence-electron chi connectivity index (χ2n) is 10.4. The van der Waals surface area contributed by atoms with Gasteiger partial charge in [0.05, 0.1) is 29.9 Å². The zero-order chi connectivity index (χ0) is 33.3. The molecule has 2 heterocycles. The van der Waals surface area contributed by atoms with E-state index in [2.05, 4.69) is 11.3 Å². The average molecular weight is 647 g/mol. The molecule has 2 fully saturated rings. The maximum atomic E-state index is 12.8. The molecule has 2 aliphatic rings. The number of hydrogen-bond acceptors (Lipinski definition) is 13. The highest BCUT2D eigenvalue weighted by Gasteiger charge is 2.51. The lowest BCUT2D eigenvalue weighted by Gasteiger charge is -2.17. The summed E-state index contributed by atoms with van der Waals surface area (Å²) in [6.07, 6.45) is -2.54. The van der Waals surface area contributed by atoms with Crippen molar-refractivity contribution in [2.45, 2.75) is 31.3 Å². The Hall–Kier alpha value is -5.53. The maximum absolute atomic E-state index is 12.8. The summed E-state index contributed by atoms with van der Waals surface area (Å²) in [5.41, 5.74) is 1.81. The van der Waals surface area contributed by atoms with Crippen molar-refractivity contribution >= 4 is 30.0 Å². The van der Waals surface area contributed by atoms with E-state index in [0.29, 0.717) is 5.56 Å². The largest absolute Gasteiger partial charge is 0.513 e. The maximum Gasteiger partial charge on any atom is 0.513 e. The molecule has 3 aromatic carbocycles. The summed E-state index contributed by atoms with van der Waals surface area (Å²) in [6, 6.07) is 18.3. The van der Waals surface area contributed by atoms with Gasteiger partial charge in [0.15, 0.2) is 12.2 Å². The second kappa shape index (κ2) is 15.2. The van der Waals surface area contributed by atoms with Crippen LogP contribution in [0.3, 0.4) is 0 Å². The van der Waals surface area contributed by atoms with Gasteiger partial charge in [-0.15, -0.1) is 0 Å². The summed E-state index contributed by atoms with van der Waals surface area (Å²) in [5, 5.41) is 0. The normalized spacial score (nSPS) is 19.5. The third-order valence-corrected chi connectivity index (χ3v) is 7.07. The minimum atomic E-state index is -1.02. The van der Waals surface area contributed by atoms with E-state index in [9.17, 15) is 24.0 Å². The molecular weight excluding hydrogens is 616 g/mol. The number of ether oxygens (including phenoxy) is 8. The molecule has 0 aliphatic carbocycles. The standard InChI is InChI=1S/C34H30O13/c1-3-28(35)40-16-17-41-34(39)45-25-14-10-22(11-15-25)31(36)44-24-12-8-23(9-13-24)33(38)47-27-19-43-29-26(18-42-30(27)29)46-32(37)21-6-4-20(2)5-7-21/h3-15,26-27,29-30H,1,16-19H2,2H3/t26-,27+,29-,30-/m1/s1. The number of carbonyl (C=O) groups excluding carboxylic acids is 5. The predicted molar refractivity (Wildman–Crippen MR) is 160 cm³/mol. The predicted octanol–water partition coefficient (Wildman–Crippen LogP) is 4.01. The van der Waals surface area contributed by atoms with Gasteiger partial charge in [-0.1, -0.05) is 24.3 Å². The Morgan fingerprint density at radius 3 is 1.62 bits per heavy atom. The molecule has 0 spiro atoms. The molecule has 0 bridgehead atoms. The number of benzene rings is 3. The molecule has 13 nitrogen and oxygen atoms in total. The van der Waals surface area contributed by atoms with Crippen LogP contribution in [0.1, 0.15) is 36.6 Å². The lowest BCUT2D eigenvalue weighted by molar-refractivity contribution is -0.138. The molecule has 0 aromatic heterocycles. The third kappa shape index (κ3) is 8.60. The highest BCUT2D eigenvalue weighted by Crippen LogP contribution is 2.31.